The predicted octanol–water partition coefficient (Wildman–Crippen LogP) is 3.29. The summed E-state index contributed by atoms with van der Waals surface area (Å²) in [5.41, 5.74) is 2.14. The predicted molar refractivity (Wildman–Crippen MR) is 75.7 cm³/mol. The fourth-order valence-electron chi connectivity index (χ4n) is 2.64. The highest BCUT2D eigenvalue weighted by molar-refractivity contribution is 5.94. The van der Waals surface area contributed by atoms with Crippen molar-refractivity contribution >= 4 is 11.6 Å². The second-order valence-electron chi connectivity index (χ2n) is 5.41. The monoisotopic (exact) mass is 256 g/mol. The largest absolute Gasteiger partial charge is 0.315 e. The molecule has 0 bridgehead atoms. The topological polar surface area (TPSA) is 44.1 Å². The van der Waals surface area contributed by atoms with Gasteiger partial charge in [0.05, 0.1) is 6.07 Å². The average molecular weight is 256 g/mol. The maximum absolute atomic E-state index is 12.4. The van der Waals surface area contributed by atoms with E-state index < -0.39 is 0 Å². The Morgan fingerprint density at radius 3 is 2.32 bits per heavy atom. The van der Waals surface area contributed by atoms with E-state index >= 15 is 0 Å². The Bertz CT molecular complexity index is 478. The molecule has 19 heavy (non-hydrogen) atoms. The van der Waals surface area contributed by atoms with Crippen molar-refractivity contribution in [3.8, 4) is 6.07 Å². The van der Waals surface area contributed by atoms with E-state index in [1.54, 1.807) is 4.90 Å². The lowest BCUT2D eigenvalue weighted by Crippen LogP contribution is -2.34. The zero-order valence-corrected chi connectivity index (χ0v) is 11.6. The Morgan fingerprint density at radius 2 is 1.79 bits per heavy atom. The van der Waals surface area contributed by atoms with Crippen LogP contribution in [0.1, 0.15) is 31.2 Å². The molecule has 0 heterocycles. The summed E-state index contributed by atoms with van der Waals surface area (Å²) in [5, 5.41) is 8.88. The number of nitrogens with zero attached hydrogens (tertiary/aromatic N) is 2. The van der Waals surface area contributed by atoms with Crippen LogP contribution in [0.3, 0.4) is 0 Å². The van der Waals surface area contributed by atoms with Gasteiger partial charge in [-0.3, -0.25) is 4.79 Å². The molecule has 0 N–H and O–H groups in total. The molecular weight excluding hydrogens is 236 g/mol. The van der Waals surface area contributed by atoms with Crippen LogP contribution in [0.15, 0.2) is 24.3 Å². The fourth-order valence-corrected chi connectivity index (χ4v) is 2.64. The van der Waals surface area contributed by atoms with Gasteiger partial charge in [0.15, 0.2) is 0 Å². The van der Waals surface area contributed by atoms with Crippen LogP contribution in [0, 0.1) is 30.1 Å². The molecule has 0 aliphatic heterocycles. The van der Waals surface area contributed by atoms with Crippen molar-refractivity contribution < 1.29 is 4.79 Å². The normalized spacial score (nSPS) is 22.6. The SMILES string of the molecule is Cc1ccc(N(C)C(=O)C2CCC(C#N)CC2)cc1. The highest BCUT2D eigenvalue weighted by atomic mass is 16.2. The summed E-state index contributed by atoms with van der Waals surface area (Å²) in [7, 11) is 1.84. The quantitative estimate of drug-likeness (QED) is 0.815. The van der Waals surface area contributed by atoms with Crippen molar-refractivity contribution in [2.45, 2.75) is 32.6 Å². The Kier molecular flexibility index (Phi) is 4.21. The van der Waals surface area contributed by atoms with Crippen LogP contribution in [-0.4, -0.2) is 13.0 Å². The number of anilines is 1. The molecule has 3 heteroatoms. The van der Waals surface area contributed by atoms with E-state index in [9.17, 15) is 4.79 Å². The van der Waals surface area contributed by atoms with Gasteiger partial charge in [0.25, 0.3) is 0 Å². The van der Waals surface area contributed by atoms with Gasteiger partial charge in [-0.1, -0.05) is 17.7 Å². The van der Waals surface area contributed by atoms with Crippen molar-refractivity contribution in [3.05, 3.63) is 29.8 Å². The molecule has 3 nitrogen and oxygen atoms in total. The van der Waals surface area contributed by atoms with Gasteiger partial charge in [-0.25, -0.2) is 0 Å². The third kappa shape index (κ3) is 3.14. The standard InChI is InChI=1S/C16H20N2O/c1-12-3-9-15(10-4-12)18(2)16(19)14-7-5-13(11-17)6-8-14/h3-4,9-10,13-14H,5-8H2,1-2H3. The number of nitriles is 1. The average Bonchev–Trinajstić information content (AvgIpc) is 2.46. The minimum atomic E-state index is 0.0795. The van der Waals surface area contributed by atoms with E-state index in [-0.39, 0.29) is 17.7 Å². The molecule has 0 saturated heterocycles. The maximum Gasteiger partial charge on any atom is 0.229 e. The summed E-state index contributed by atoms with van der Waals surface area (Å²) in [5.74, 6) is 0.407. The Labute approximate surface area is 114 Å². The first-order valence-corrected chi connectivity index (χ1v) is 6.85. The Morgan fingerprint density at radius 1 is 1.21 bits per heavy atom. The number of benzene rings is 1. The Balaban J connectivity index is 2.00. The van der Waals surface area contributed by atoms with E-state index in [4.69, 9.17) is 5.26 Å². The molecule has 0 spiro atoms. The second kappa shape index (κ2) is 5.88. The first-order chi connectivity index (χ1) is 9.11. The van der Waals surface area contributed by atoms with Crippen molar-refractivity contribution in [1.29, 1.82) is 5.26 Å². The molecule has 1 saturated carbocycles. The van der Waals surface area contributed by atoms with Gasteiger partial charge in [-0.05, 0) is 44.7 Å². The number of aryl methyl sites for hydroxylation is 1. The lowest BCUT2D eigenvalue weighted by Gasteiger charge is -2.28. The van der Waals surface area contributed by atoms with E-state index in [2.05, 4.69) is 6.07 Å². The van der Waals surface area contributed by atoms with Gasteiger partial charge in [0.2, 0.25) is 5.91 Å². The van der Waals surface area contributed by atoms with Gasteiger partial charge in [-0.15, -0.1) is 0 Å². The van der Waals surface area contributed by atoms with E-state index in [1.807, 2.05) is 38.2 Å². The van der Waals surface area contributed by atoms with Crippen molar-refractivity contribution in [2.24, 2.45) is 11.8 Å². The molecule has 1 fully saturated rings. The van der Waals surface area contributed by atoms with Gasteiger partial charge < -0.3 is 4.90 Å². The third-order valence-electron chi connectivity index (χ3n) is 4.01. The third-order valence-corrected chi connectivity index (χ3v) is 4.01. The molecule has 1 aliphatic carbocycles. The molecule has 1 aromatic rings. The van der Waals surface area contributed by atoms with Gasteiger partial charge in [0.1, 0.15) is 0 Å². The van der Waals surface area contributed by atoms with Crippen molar-refractivity contribution in [3.63, 3.8) is 0 Å². The molecule has 0 radical (unpaired) electrons. The van der Waals surface area contributed by atoms with Crippen LogP contribution in [-0.2, 0) is 4.79 Å². The number of amides is 1. The fraction of sp³-hybridized carbons (Fsp3) is 0.500. The summed E-state index contributed by atoms with van der Waals surface area (Å²) in [6, 6.07) is 10.3. The number of rotatable bonds is 2. The van der Waals surface area contributed by atoms with Gasteiger partial charge in [0, 0.05) is 24.6 Å². The highest BCUT2D eigenvalue weighted by Crippen LogP contribution is 2.30. The first kappa shape index (κ1) is 13.6. The minimum absolute atomic E-state index is 0.0795. The number of hydrogen-bond donors (Lipinski definition) is 0. The van der Waals surface area contributed by atoms with Crippen LogP contribution in [0.4, 0.5) is 5.69 Å². The van der Waals surface area contributed by atoms with Crippen LogP contribution in [0.2, 0.25) is 0 Å². The van der Waals surface area contributed by atoms with E-state index in [1.165, 1.54) is 5.56 Å². The van der Waals surface area contributed by atoms with E-state index in [0.717, 1.165) is 31.4 Å². The number of hydrogen-bond acceptors (Lipinski definition) is 2. The lowest BCUT2D eigenvalue weighted by atomic mass is 9.82. The molecule has 2 rings (SSSR count). The zero-order chi connectivity index (χ0) is 13.8. The van der Waals surface area contributed by atoms with Crippen LogP contribution >= 0.6 is 0 Å². The molecule has 0 atom stereocenters. The van der Waals surface area contributed by atoms with Crippen molar-refractivity contribution in [2.75, 3.05) is 11.9 Å². The molecular formula is C16H20N2O. The summed E-state index contributed by atoms with van der Waals surface area (Å²) in [4.78, 5) is 14.2. The second-order valence-corrected chi connectivity index (χ2v) is 5.41. The number of carbonyl (C=O) groups is 1. The Hall–Kier alpha value is -1.82. The van der Waals surface area contributed by atoms with Crippen LogP contribution in [0.5, 0.6) is 0 Å². The number of carbonyl (C=O) groups excluding carboxylic acids is 1. The molecule has 1 aromatic carbocycles. The molecule has 0 unspecified atom stereocenters. The highest BCUT2D eigenvalue weighted by Gasteiger charge is 2.28. The first-order valence-electron chi connectivity index (χ1n) is 6.85. The molecule has 1 aliphatic rings. The van der Waals surface area contributed by atoms with Gasteiger partial charge in [-0.2, -0.15) is 5.26 Å². The smallest absolute Gasteiger partial charge is 0.229 e. The summed E-state index contributed by atoms with van der Waals surface area (Å²) in [6.07, 6.45) is 3.39. The lowest BCUT2D eigenvalue weighted by molar-refractivity contribution is -0.123. The molecule has 100 valence electrons. The van der Waals surface area contributed by atoms with E-state index in [0.29, 0.717) is 0 Å². The summed E-state index contributed by atoms with van der Waals surface area (Å²) >= 11 is 0. The van der Waals surface area contributed by atoms with Crippen LogP contribution in [0.25, 0.3) is 0 Å². The maximum atomic E-state index is 12.4. The minimum Gasteiger partial charge on any atom is -0.315 e. The van der Waals surface area contributed by atoms with Crippen molar-refractivity contribution in [1.82, 2.24) is 0 Å². The summed E-state index contributed by atoms with van der Waals surface area (Å²) in [6.45, 7) is 2.04. The summed E-state index contributed by atoms with van der Waals surface area (Å²) < 4.78 is 0. The van der Waals surface area contributed by atoms with Gasteiger partial charge >= 0.3 is 0 Å². The zero-order valence-electron chi connectivity index (χ0n) is 11.6. The molecule has 0 aromatic heterocycles. The van der Waals surface area contributed by atoms with Crippen LogP contribution < -0.4 is 4.90 Å². The molecule has 1 amide bonds.